The quantitative estimate of drug-likeness (QED) is 0.211. The van der Waals surface area contributed by atoms with E-state index in [0.717, 1.165) is 29.5 Å². The van der Waals surface area contributed by atoms with Gasteiger partial charge in [0.25, 0.3) is 0 Å². The van der Waals surface area contributed by atoms with Crippen LogP contribution < -0.4 is 0 Å². The van der Waals surface area contributed by atoms with Gasteiger partial charge in [0, 0.05) is 11.3 Å². The number of hydrogen-bond acceptors (Lipinski definition) is 6. The third-order valence-corrected chi connectivity index (χ3v) is 15.7. The molecule has 1 aliphatic heterocycles. The first-order chi connectivity index (χ1) is 21.4. The lowest BCUT2D eigenvalue weighted by Gasteiger charge is -2.63. The Balaban J connectivity index is 1.69. The molecule has 0 spiro atoms. The molecule has 7 heteroatoms. The van der Waals surface area contributed by atoms with Crippen molar-refractivity contribution in [2.75, 3.05) is 0 Å². The fourth-order valence-corrected chi connectivity index (χ4v) is 8.96. The van der Waals surface area contributed by atoms with E-state index in [1.54, 1.807) is 0 Å². The third kappa shape index (κ3) is 6.61. The summed E-state index contributed by atoms with van der Waals surface area (Å²) in [6.07, 6.45) is -1.02. The Morgan fingerprint density at radius 3 is 1.96 bits per heavy atom. The second kappa shape index (κ2) is 12.7. The third-order valence-electron chi connectivity index (χ3n) is 11.3. The van der Waals surface area contributed by atoms with Crippen molar-refractivity contribution in [2.45, 2.75) is 136 Å². The number of benzene rings is 2. The molecule has 2 aromatic rings. The zero-order valence-corrected chi connectivity index (χ0v) is 30.7. The minimum Gasteiger partial charge on any atom is -0.410 e. The summed E-state index contributed by atoms with van der Waals surface area (Å²) in [7, 11) is -2.43. The summed E-state index contributed by atoms with van der Waals surface area (Å²) in [4.78, 5) is 15.2. The molecule has 2 saturated carbocycles. The second-order valence-corrected chi connectivity index (χ2v) is 21.2. The zero-order chi connectivity index (χ0) is 33.7. The summed E-state index contributed by atoms with van der Waals surface area (Å²) in [5.74, 6) is -1.18. The Morgan fingerprint density at radius 1 is 0.870 bits per heavy atom. The van der Waals surface area contributed by atoms with Gasteiger partial charge in [0.05, 0.1) is 36.9 Å². The van der Waals surface area contributed by atoms with Crippen molar-refractivity contribution in [3.05, 3.63) is 83.9 Å². The molecule has 1 saturated heterocycles. The fourth-order valence-electron chi connectivity index (χ4n) is 7.54. The van der Waals surface area contributed by atoms with Crippen molar-refractivity contribution in [3.8, 4) is 0 Å². The van der Waals surface area contributed by atoms with Gasteiger partial charge in [-0.2, -0.15) is 0 Å². The van der Waals surface area contributed by atoms with E-state index in [-0.39, 0.29) is 22.8 Å². The largest absolute Gasteiger partial charge is 0.410 e. The van der Waals surface area contributed by atoms with Gasteiger partial charge in [-0.1, -0.05) is 114 Å². The second-order valence-electron chi connectivity index (χ2n) is 16.4. The molecule has 252 valence electrons. The van der Waals surface area contributed by atoms with Crippen molar-refractivity contribution < 1.29 is 28.2 Å². The van der Waals surface area contributed by atoms with Crippen LogP contribution in [0.3, 0.4) is 0 Å². The number of ether oxygens (including phenoxy) is 4. The van der Waals surface area contributed by atoms with E-state index >= 15 is 4.79 Å². The molecule has 1 heterocycles. The Bertz CT molecular complexity index is 1380. The molecule has 3 aliphatic rings. The predicted octanol–water partition coefficient (Wildman–Crippen LogP) is 8.65. The normalized spacial score (nSPS) is 32.7. The van der Waals surface area contributed by atoms with Crippen LogP contribution >= 0.6 is 0 Å². The van der Waals surface area contributed by atoms with Crippen molar-refractivity contribution in [1.29, 1.82) is 0 Å². The SMILES string of the molecule is C=C1CC[C@@H]2OC(C)(C)O[C@@H]3[C@H](OCc4ccccc4)[C@H](O[Si](C)(C)C(C)(C)C)C(C)(C)C(=O)[C@@H](OCc4ccccc4)[C@H]1[C@]23C. The summed E-state index contributed by atoms with van der Waals surface area (Å²) in [5, 5.41) is -0.0917. The molecule has 0 amide bonds. The van der Waals surface area contributed by atoms with E-state index in [1.165, 1.54) is 0 Å². The van der Waals surface area contributed by atoms with E-state index in [2.05, 4.69) is 59.5 Å². The van der Waals surface area contributed by atoms with Gasteiger partial charge in [-0.3, -0.25) is 4.79 Å². The van der Waals surface area contributed by atoms with E-state index in [9.17, 15) is 0 Å². The number of ketones is 1. The maximum absolute atomic E-state index is 15.2. The lowest BCUT2D eigenvalue weighted by molar-refractivity contribution is -0.382. The van der Waals surface area contributed by atoms with E-state index < -0.39 is 49.4 Å². The number of Topliss-reactive ketones (excluding diaryl/α,β-unsaturated/α-hetero) is 1. The first-order valence-electron chi connectivity index (χ1n) is 16.9. The molecule has 6 nitrogen and oxygen atoms in total. The smallest absolute Gasteiger partial charge is 0.192 e. The molecule has 46 heavy (non-hydrogen) atoms. The van der Waals surface area contributed by atoms with Crippen LogP contribution in [-0.2, 0) is 41.4 Å². The minimum absolute atomic E-state index is 0.0109. The fraction of sp³-hybridized carbons (Fsp3) is 0.615. The number of carbonyl (C=O) groups excluding carboxylic acids is 1. The van der Waals surface area contributed by atoms with Crippen LogP contribution in [0.25, 0.3) is 0 Å². The van der Waals surface area contributed by atoms with Crippen LogP contribution in [0.1, 0.15) is 79.4 Å². The minimum atomic E-state index is -2.43. The van der Waals surface area contributed by atoms with Gasteiger partial charge in [-0.15, -0.1) is 0 Å². The Labute approximate surface area is 278 Å². The van der Waals surface area contributed by atoms with Crippen LogP contribution in [0.5, 0.6) is 0 Å². The summed E-state index contributed by atoms with van der Waals surface area (Å²) >= 11 is 0. The molecule has 5 rings (SSSR count). The monoisotopic (exact) mass is 648 g/mol. The van der Waals surface area contributed by atoms with Gasteiger partial charge in [-0.25, -0.2) is 0 Å². The molecule has 0 aromatic heterocycles. The lowest BCUT2D eigenvalue weighted by atomic mass is 9.53. The van der Waals surface area contributed by atoms with Crippen molar-refractivity contribution >= 4 is 14.1 Å². The summed E-state index contributed by atoms with van der Waals surface area (Å²) in [6.45, 7) is 26.7. The average molecular weight is 649 g/mol. The van der Waals surface area contributed by atoms with Gasteiger partial charge >= 0.3 is 0 Å². The van der Waals surface area contributed by atoms with Gasteiger partial charge in [0.1, 0.15) is 12.2 Å². The molecule has 2 aromatic carbocycles. The molecule has 2 aliphatic carbocycles. The average Bonchev–Trinajstić information content (AvgIpc) is 2.98. The van der Waals surface area contributed by atoms with Crippen LogP contribution in [0.15, 0.2) is 72.8 Å². The standard InChI is InChI=1S/C39H56O6Si/c1-26-22-23-29-39(9)30(26)31(41-24-27-18-14-12-15-19-27)33(40)37(5,6)34(45-46(10,11)36(2,3)4)32(35(39)44-38(7,8)43-29)42-25-28-20-16-13-17-21-28/h12-21,29-32,34-35H,1,22-25H2,2-11H3/t29-,30-,31-,32+,34-,35+,39-/m0/s1. The van der Waals surface area contributed by atoms with Gasteiger partial charge in [0.15, 0.2) is 19.9 Å². The molecular weight excluding hydrogens is 593 g/mol. The van der Waals surface area contributed by atoms with E-state index in [0.29, 0.717) is 13.2 Å². The van der Waals surface area contributed by atoms with Gasteiger partial charge < -0.3 is 23.4 Å². The first-order valence-corrected chi connectivity index (χ1v) is 19.9. The van der Waals surface area contributed by atoms with Crippen molar-refractivity contribution in [3.63, 3.8) is 0 Å². The van der Waals surface area contributed by atoms with Crippen LogP contribution in [-0.4, -0.2) is 50.4 Å². The molecule has 7 atom stereocenters. The maximum Gasteiger partial charge on any atom is 0.192 e. The molecule has 3 fully saturated rings. The number of hydrogen-bond donors (Lipinski definition) is 0. The highest BCUT2D eigenvalue weighted by molar-refractivity contribution is 6.74. The number of carbonyl (C=O) groups is 1. The van der Waals surface area contributed by atoms with Crippen molar-refractivity contribution in [2.24, 2.45) is 16.7 Å². The first kappa shape index (κ1) is 35.2. The Morgan fingerprint density at radius 2 is 1.41 bits per heavy atom. The Kier molecular flexibility index (Phi) is 9.73. The number of rotatable bonds is 8. The van der Waals surface area contributed by atoms with E-state index in [4.69, 9.17) is 23.4 Å². The maximum atomic E-state index is 15.2. The highest BCUT2D eigenvalue weighted by Gasteiger charge is 2.67. The lowest BCUT2D eigenvalue weighted by Crippen LogP contribution is -2.73. The topological polar surface area (TPSA) is 63.2 Å². The summed E-state index contributed by atoms with van der Waals surface area (Å²) < 4.78 is 35.0. The van der Waals surface area contributed by atoms with E-state index in [1.807, 2.05) is 76.2 Å². The van der Waals surface area contributed by atoms with Crippen molar-refractivity contribution in [1.82, 2.24) is 0 Å². The predicted molar refractivity (Wildman–Crippen MR) is 185 cm³/mol. The molecule has 0 bridgehead atoms. The Hall–Kier alpha value is -2.13. The summed E-state index contributed by atoms with van der Waals surface area (Å²) in [5.41, 5.74) is 1.43. The highest BCUT2D eigenvalue weighted by Crippen LogP contribution is 2.59. The molecular formula is C39H56O6Si. The molecule has 0 unspecified atom stereocenters. The molecule has 0 radical (unpaired) electrons. The van der Waals surface area contributed by atoms with Gasteiger partial charge in [-0.05, 0) is 55.9 Å². The van der Waals surface area contributed by atoms with Gasteiger partial charge in [0.2, 0.25) is 0 Å². The highest BCUT2D eigenvalue weighted by atomic mass is 28.4. The van der Waals surface area contributed by atoms with Crippen LogP contribution in [0.2, 0.25) is 18.1 Å². The molecule has 0 N–H and O–H groups in total. The zero-order valence-electron chi connectivity index (χ0n) is 29.7. The summed E-state index contributed by atoms with van der Waals surface area (Å²) in [6, 6.07) is 20.3. The van der Waals surface area contributed by atoms with Crippen LogP contribution in [0, 0.1) is 16.7 Å². The van der Waals surface area contributed by atoms with Crippen LogP contribution in [0.4, 0.5) is 0 Å².